The first-order valence-corrected chi connectivity index (χ1v) is 9.18. The largest absolute Gasteiger partial charge is 0.492 e. The summed E-state index contributed by atoms with van der Waals surface area (Å²) in [4.78, 5) is 2.43. The highest BCUT2D eigenvalue weighted by molar-refractivity contribution is 6.30. The van der Waals surface area contributed by atoms with Crippen molar-refractivity contribution < 1.29 is 14.6 Å². The second kappa shape index (κ2) is 5.87. The van der Waals surface area contributed by atoms with Crippen LogP contribution in [0.25, 0.3) is 0 Å². The molecule has 4 nitrogen and oxygen atoms in total. The molecule has 2 saturated heterocycles. The molecule has 1 aromatic rings. The van der Waals surface area contributed by atoms with E-state index >= 15 is 0 Å². The van der Waals surface area contributed by atoms with Gasteiger partial charge in [-0.05, 0) is 24.5 Å². The fourth-order valence-electron chi connectivity index (χ4n) is 4.56. The van der Waals surface area contributed by atoms with Gasteiger partial charge in [0.1, 0.15) is 5.75 Å². The summed E-state index contributed by atoms with van der Waals surface area (Å²) in [6.07, 6.45) is 1.04. The SMILES string of the molecule is CC1(C)COc2c(CN3C[C@@H]4CCOC[C@]4(CO)C3)cc(Cl)cc21. The zero-order valence-electron chi connectivity index (χ0n) is 14.5. The van der Waals surface area contributed by atoms with Crippen molar-refractivity contribution >= 4 is 11.6 Å². The molecule has 0 aromatic heterocycles. The molecule has 2 atom stereocenters. The fourth-order valence-corrected chi connectivity index (χ4v) is 4.80. The van der Waals surface area contributed by atoms with Crippen LogP contribution in [-0.2, 0) is 16.7 Å². The third kappa shape index (κ3) is 2.64. The molecule has 0 radical (unpaired) electrons. The van der Waals surface area contributed by atoms with Crippen LogP contribution in [0.3, 0.4) is 0 Å². The Kier molecular flexibility index (Phi) is 4.07. The van der Waals surface area contributed by atoms with Gasteiger partial charge >= 0.3 is 0 Å². The Morgan fingerprint density at radius 3 is 2.92 bits per heavy atom. The third-order valence-corrected chi connectivity index (χ3v) is 6.25. The van der Waals surface area contributed by atoms with Gasteiger partial charge in [0.2, 0.25) is 0 Å². The minimum absolute atomic E-state index is 0.00808. The van der Waals surface area contributed by atoms with Crippen molar-refractivity contribution in [2.75, 3.05) is 39.5 Å². The Morgan fingerprint density at radius 2 is 2.17 bits per heavy atom. The van der Waals surface area contributed by atoms with Gasteiger partial charge in [-0.3, -0.25) is 4.90 Å². The van der Waals surface area contributed by atoms with Gasteiger partial charge in [-0.1, -0.05) is 25.4 Å². The molecule has 1 N–H and O–H groups in total. The molecule has 0 aliphatic carbocycles. The minimum atomic E-state index is -0.0971. The second-order valence-corrected chi connectivity index (χ2v) is 8.78. The number of aliphatic hydroxyl groups is 1. The molecule has 132 valence electrons. The molecule has 3 aliphatic heterocycles. The van der Waals surface area contributed by atoms with Crippen LogP contribution >= 0.6 is 11.6 Å². The normalized spacial score (nSPS) is 31.6. The summed E-state index contributed by atoms with van der Waals surface area (Å²) in [5.74, 6) is 1.52. The van der Waals surface area contributed by atoms with Crippen LogP contribution in [0.15, 0.2) is 12.1 Å². The van der Waals surface area contributed by atoms with E-state index in [1.54, 1.807) is 0 Å². The van der Waals surface area contributed by atoms with Crippen LogP contribution in [0.1, 0.15) is 31.4 Å². The lowest BCUT2D eigenvalue weighted by Crippen LogP contribution is -2.42. The number of hydrogen-bond acceptors (Lipinski definition) is 4. The Labute approximate surface area is 148 Å². The Balaban J connectivity index is 1.59. The second-order valence-electron chi connectivity index (χ2n) is 8.34. The summed E-state index contributed by atoms with van der Waals surface area (Å²) in [6, 6.07) is 4.08. The Bertz CT molecular complexity index is 648. The van der Waals surface area contributed by atoms with E-state index in [-0.39, 0.29) is 17.4 Å². The molecule has 24 heavy (non-hydrogen) atoms. The number of likely N-dealkylation sites (tertiary alicyclic amines) is 1. The van der Waals surface area contributed by atoms with Gasteiger partial charge in [0.15, 0.2) is 0 Å². The molecule has 0 saturated carbocycles. The van der Waals surface area contributed by atoms with Gasteiger partial charge in [0, 0.05) is 53.2 Å². The lowest BCUT2D eigenvalue weighted by molar-refractivity contribution is -0.0561. The molecule has 5 heteroatoms. The van der Waals surface area contributed by atoms with Crippen LogP contribution in [0.4, 0.5) is 0 Å². The van der Waals surface area contributed by atoms with Crippen molar-refractivity contribution in [1.82, 2.24) is 4.90 Å². The summed E-state index contributed by atoms with van der Waals surface area (Å²) in [7, 11) is 0. The van der Waals surface area contributed by atoms with Crippen molar-refractivity contribution in [3.05, 3.63) is 28.3 Å². The average Bonchev–Trinajstić information content (AvgIpc) is 3.05. The first-order chi connectivity index (χ1) is 11.4. The van der Waals surface area contributed by atoms with Gasteiger partial charge in [-0.15, -0.1) is 0 Å². The molecule has 3 aliphatic rings. The summed E-state index contributed by atoms with van der Waals surface area (Å²) in [6.45, 7) is 9.47. The minimum Gasteiger partial charge on any atom is -0.492 e. The van der Waals surface area contributed by atoms with Crippen molar-refractivity contribution in [3.63, 3.8) is 0 Å². The quantitative estimate of drug-likeness (QED) is 0.909. The number of aliphatic hydroxyl groups excluding tert-OH is 1. The zero-order valence-corrected chi connectivity index (χ0v) is 15.2. The van der Waals surface area contributed by atoms with E-state index in [4.69, 9.17) is 21.1 Å². The van der Waals surface area contributed by atoms with Gasteiger partial charge in [0.25, 0.3) is 0 Å². The summed E-state index contributed by atoms with van der Waals surface area (Å²) < 4.78 is 11.7. The van der Waals surface area contributed by atoms with E-state index in [1.807, 2.05) is 12.1 Å². The van der Waals surface area contributed by atoms with Crippen molar-refractivity contribution in [2.45, 2.75) is 32.2 Å². The number of halogens is 1. The van der Waals surface area contributed by atoms with E-state index in [9.17, 15) is 5.11 Å². The topological polar surface area (TPSA) is 41.9 Å². The maximum Gasteiger partial charge on any atom is 0.127 e. The van der Waals surface area contributed by atoms with Crippen LogP contribution < -0.4 is 4.74 Å². The fraction of sp³-hybridized carbons (Fsp3) is 0.684. The highest BCUT2D eigenvalue weighted by Gasteiger charge is 2.48. The van der Waals surface area contributed by atoms with E-state index in [0.717, 1.165) is 49.0 Å². The van der Waals surface area contributed by atoms with E-state index in [0.29, 0.717) is 19.1 Å². The van der Waals surface area contributed by atoms with Crippen molar-refractivity contribution in [3.8, 4) is 5.75 Å². The molecule has 4 rings (SSSR count). The summed E-state index contributed by atoms with van der Waals surface area (Å²) in [5.41, 5.74) is 2.28. The molecule has 0 unspecified atom stereocenters. The number of ether oxygens (including phenoxy) is 2. The van der Waals surface area contributed by atoms with E-state index < -0.39 is 0 Å². The molecule has 1 aromatic carbocycles. The van der Waals surface area contributed by atoms with Crippen LogP contribution in [0.5, 0.6) is 5.75 Å². The lowest BCUT2D eigenvalue weighted by atomic mass is 9.76. The molecule has 0 bridgehead atoms. The number of benzene rings is 1. The first-order valence-electron chi connectivity index (χ1n) is 8.80. The Morgan fingerprint density at radius 1 is 1.33 bits per heavy atom. The average molecular weight is 352 g/mol. The van der Waals surface area contributed by atoms with Gasteiger partial charge in [0.05, 0.1) is 19.8 Å². The summed E-state index contributed by atoms with van der Waals surface area (Å²) in [5, 5.41) is 10.7. The van der Waals surface area contributed by atoms with Gasteiger partial charge < -0.3 is 14.6 Å². The maximum atomic E-state index is 9.95. The van der Waals surface area contributed by atoms with Gasteiger partial charge in [-0.25, -0.2) is 0 Å². The monoisotopic (exact) mass is 351 g/mol. The predicted octanol–water partition coefficient (Wildman–Crippen LogP) is 2.84. The lowest BCUT2D eigenvalue weighted by Gasteiger charge is -2.36. The number of hydrogen-bond donors (Lipinski definition) is 1. The Hall–Kier alpha value is -0.810. The predicted molar refractivity (Wildman–Crippen MR) is 93.7 cm³/mol. The standard InChI is InChI=1S/C19H26ClNO3/c1-18(2)11-24-17-13(5-15(20)6-16(17)18)7-21-8-14-3-4-23-12-19(14,9-21)10-22/h5-6,14,22H,3-4,7-12H2,1-2H3/t14-,19+/m0/s1. The van der Waals surface area contributed by atoms with Crippen LogP contribution in [0, 0.1) is 11.3 Å². The van der Waals surface area contributed by atoms with Gasteiger partial charge in [-0.2, -0.15) is 0 Å². The van der Waals surface area contributed by atoms with E-state index in [1.165, 1.54) is 5.56 Å². The molecule has 0 amide bonds. The molecule has 3 heterocycles. The number of nitrogens with zero attached hydrogens (tertiary/aromatic N) is 1. The van der Waals surface area contributed by atoms with Crippen LogP contribution in [-0.4, -0.2) is 49.5 Å². The number of fused-ring (bicyclic) bond motifs is 2. The highest BCUT2D eigenvalue weighted by Crippen LogP contribution is 2.45. The highest BCUT2D eigenvalue weighted by atomic mass is 35.5. The van der Waals surface area contributed by atoms with Crippen molar-refractivity contribution in [1.29, 1.82) is 0 Å². The first kappa shape index (κ1) is 16.6. The van der Waals surface area contributed by atoms with E-state index in [2.05, 4.69) is 18.7 Å². The maximum absolute atomic E-state index is 9.95. The van der Waals surface area contributed by atoms with Crippen LogP contribution in [0.2, 0.25) is 5.02 Å². The van der Waals surface area contributed by atoms with Crippen molar-refractivity contribution in [2.24, 2.45) is 11.3 Å². The molecule has 0 spiro atoms. The molecular weight excluding hydrogens is 326 g/mol. The number of rotatable bonds is 3. The molecule has 2 fully saturated rings. The molecular formula is C19H26ClNO3. The third-order valence-electron chi connectivity index (χ3n) is 6.03. The zero-order chi connectivity index (χ0) is 16.9. The smallest absolute Gasteiger partial charge is 0.127 e. The summed E-state index contributed by atoms with van der Waals surface area (Å²) >= 11 is 6.38.